The lowest BCUT2D eigenvalue weighted by Crippen LogP contribution is -2.41. The van der Waals surface area contributed by atoms with Gasteiger partial charge < -0.3 is 10.6 Å². The fourth-order valence-electron chi connectivity index (χ4n) is 2.49. The van der Waals surface area contributed by atoms with E-state index in [4.69, 9.17) is 0 Å². The molecule has 132 valence electrons. The molecule has 0 radical (unpaired) electrons. The Kier molecular flexibility index (Phi) is 5.57. The first-order chi connectivity index (χ1) is 11.7. The molecule has 2 amide bonds. The van der Waals surface area contributed by atoms with Gasteiger partial charge >= 0.3 is 0 Å². The van der Waals surface area contributed by atoms with Crippen LogP contribution < -0.4 is 10.6 Å². The molecule has 0 saturated carbocycles. The average Bonchev–Trinajstić information content (AvgIpc) is 2.55. The first kappa shape index (κ1) is 18.6. The number of hydrogen-bond donors (Lipinski definition) is 2. The van der Waals surface area contributed by atoms with Crippen molar-refractivity contribution >= 4 is 17.5 Å². The summed E-state index contributed by atoms with van der Waals surface area (Å²) in [5, 5.41) is 5.81. The van der Waals surface area contributed by atoms with Crippen molar-refractivity contribution in [2.45, 2.75) is 46.6 Å². The third kappa shape index (κ3) is 4.89. The number of rotatable bonds is 4. The second kappa shape index (κ2) is 7.47. The van der Waals surface area contributed by atoms with Crippen LogP contribution in [-0.2, 0) is 6.42 Å². The van der Waals surface area contributed by atoms with E-state index in [2.05, 4.69) is 15.6 Å². The molecule has 25 heavy (non-hydrogen) atoms. The van der Waals surface area contributed by atoms with E-state index in [-0.39, 0.29) is 23.0 Å². The van der Waals surface area contributed by atoms with Crippen LogP contribution in [0, 0.1) is 6.92 Å². The van der Waals surface area contributed by atoms with Crippen LogP contribution in [0.25, 0.3) is 0 Å². The molecule has 0 spiro atoms. The predicted octanol–water partition coefficient (Wildman–Crippen LogP) is 3.73. The summed E-state index contributed by atoms with van der Waals surface area (Å²) in [5.41, 5.74) is 3.17. The standard InChI is InChI=1S/C20H25N3O2/c1-6-14-9-7-8-13(2)17(14)22-18(24)15-10-11-21-16(12-15)19(25)23-20(3,4)5/h7-12H,6H2,1-5H3,(H,22,24)(H,23,25). The summed E-state index contributed by atoms with van der Waals surface area (Å²) in [6, 6.07) is 9.06. The van der Waals surface area contributed by atoms with Crippen LogP contribution >= 0.6 is 0 Å². The van der Waals surface area contributed by atoms with Gasteiger partial charge in [0.1, 0.15) is 5.69 Å². The number of amides is 2. The van der Waals surface area contributed by atoms with Crippen molar-refractivity contribution in [1.29, 1.82) is 0 Å². The quantitative estimate of drug-likeness (QED) is 0.891. The molecule has 0 bridgehead atoms. The van der Waals surface area contributed by atoms with Crippen LogP contribution in [0.1, 0.15) is 59.7 Å². The lowest BCUT2D eigenvalue weighted by atomic mass is 10.1. The molecular weight excluding hydrogens is 314 g/mol. The van der Waals surface area contributed by atoms with E-state index >= 15 is 0 Å². The molecule has 0 aliphatic carbocycles. The van der Waals surface area contributed by atoms with Crippen LogP contribution in [0.5, 0.6) is 0 Å². The Hall–Kier alpha value is -2.69. The molecule has 5 heteroatoms. The van der Waals surface area contributed by atoms with Gasteiger partial charge in [-0.3, -0.25) is 14.6 Å². The monoisotopic (exact) mass is 339 g/mol. The zero-order valence-corrected chi connectivity index (χ0v) is 15.4. The largest absolute Gasteiger partial charge is 0.346 e. The molecule has 2 aromatic rings. The molecule has 0 unspecified atom stereocenters. The Morgan fingerprint density at radius 2 is 1.84 bits per heavy atom. The van der Waals surface area contributed by atoms with Gasteiger partial charge in [0.25, 0.3) is 11.8 Å². The Bertz CT molecular complexity index is 792. The highest BCUT2D eigenvalue weighted by atomic mass is 16.2. The van der Waals surface area contributed by atoms with Gasteiger partial charge in [0.05, 0.1) is 0 Å². The molecule has 0 atom stereocenters. The van der Waals surface area contributed by atoms with E-state index in [0.717, 1.165) is 23.2 Å². The maximum absolute atomic E-state index is 12.6. The van der Waals surface area contributed by atoms with Crippen molar-refractivity contribution in [2.75, 3.05) is 5.32 Å². The summed E-state index contributed by atoms with van der Waals surface area (Å²) in [6.45, 7) is 9.69. The van der Waals surface area contributed by atoms with Crippen LogP contribution in [0.2, 0.25) is 0 Å². The zero-order valence-electron chi connectivity index (χ0n) is 15.4. The van der Waals surface area contributed by atoms with Crippen LogP contribution in [0.15, 0.2) is 36.5 Å². The number of anilines is 1. The number of hydrogen-bond acceptors (Lipinski definition) is 3. The Labute approximate surface area is 148 Å². The molecule has 0 saturated heterocycles. The fourth-order valence-corrected chi connectivity index (χ4v) is 2.49. The van der Waals surface area contributed by atoms with E-state index < -0.39 is 0 Å². The van der Waals surface area contributed by atoms with Crippen molar-refractivity contribution in [3.63, 3.8) is 0 Å². The van der Waals surface area contributed by atoms with E-state index in [1.54, 1.807) is 6.07 Å². The van der Waals surface area contributed by atoms with E-state index in [9.17, 15) is 9.59 Å². The maximum atomic E-state index is 12.6. The van der Waals surface area contributed by atoms with Crippen LogP contribution in [0.3, 0.4) is 0 Å². The molecule has 1 heterocycles. The van der Waals surface area contributed by atoms with Gasteiger partial charge in [0, 0.05) is 23.0 Å². The molecule has 0 fully saturated rings. The number of para-hydroxylation sites is 1. The summed E-state index contributed by atoms with van der Waals surface area (Å²) in [6.07, 6.45) is 2.30. The topological polar surface area (TPSA) is 71.1 Å². The van der Waals surface area contributed by atoms with Gasteiger partial charge in [0.15, 0.2) is 0 Å². The van der Waals surface area contributed by atoms with Crippen molar-refractivity contribution in [3.05, 3.63) is 58.9 Å². The molecule has 0 aliphatic rings. The number of benzene rings is 1. The smallest absolute Gasteiger partial charge is 0.270 e. The zero-order chi connectivity index (χ0) is 18.6. The SMILES string of the molecule is CCc1cccc(C)c1NC(=O)c1ccnc(C(=O)NC(C)(C)C)c1. The minimum absolute atomic E-state index is 0.225. The van der Waals surface area contributed by atoms with Crippen molar-refractivity contribution in [1.82, 2.24) is 10.3 Å². The highest BCUT2D eigenvalue weighted by Gasteiger charge is 2.18. The van der Waals surface area contributed by atoms with Crippen molar-refractivity contribution < 1.29 is 9.59 Å². The molecular formula is C20H25N3O2. The van der Waals surface area contributed by atoms with Gasteiger partial charge in [-0.2, -0.15) is 0 Å². The fraction of sp³-hybridized carbons (Fsp3) is 0.350. The number of pyridine rings is 1. The summed E-state index contributed by atoms with van der Waals surface area (Å²) >= 11 is 0. The lowest BCUT2D eigenvalue weighted by molar-refractivity contribution is 0.0914. The van der Waals surface area contributed by atoms with E-state index in [1.807, 2.05) is 52.8 Å². The summed E-state index contributed by atoms with van der Waals surface area (Å²) < 4.78 is 0. The predicted molar refractivity (Wildman–Crippen MR) is 100.0 cm³/mol. The third-order valence-corrected chi connectivity index (χ3v) is 3.72. The minimum Gasteiger partial charge on any atom is -0.346 e. The number of carbonyl (C=O) groups is 2. The third-order valence-electron chi connectivity index (χ3n) is 3.72. The highest BCUT2D eigenvalue weighted by molar-refractivity contribution is 6.06. The molecule has 1 aromatic carbocycles. The van der Waals surface area contributed by atoms with E-state index in [0.29, 0.717) is 5.56 Å². The maximum Gasteiger partial charge on any atom is 0.270 e. The summed E-state index contributed by atoms with van der Waals surface area (Å²) in [4.78, 5) is 28.9. The number of carbonyl (C=O) groups excluding carboxylic acids is 2. The second-order valence-electron chi connectivity index (χ2n) is 7.05. The molecule has 2 N–H and O–H groups in total. The van der Waals surface area contributed by atoms with Gasteiger partial charge in [-0.15, -0.1) is 0 Å². The normalized spacial score (nSPS) is 11.1. The number of nitrogens with zero attached hydrogens (tertiary/aromatic N) is 1. The van der Waals surface area contributed by atoms with Gasteiger partial charge in [-0.25, -0.2) is 0 Å². The second-order valence-corrected chi connectivity index (χ2v) is 7.05. The van der Waals surface area contributed by atoms with Gasteiger partial charge in [-0.05, 0) is 57.4 Å². The highest BCUT2D eigenvalue weighted by Crippen LogP contribution is 2.22. The molecule has 0 aliphatic heterocycles. The van der Waals surface area contributed by atoms with E-state index in [1.165, 1.54) is 12.3 Å². The lowest BCUT2D eigenvalue weighted by Gasteiger charge is -2.20. The first-order valence-electron chi connectivity index (χ1n) is 8.39. The number of aromatic nitrogens is 1. The van der Waals surface area contributed by atoms with Crippen molar-refractivity contribution in [3.8, 4) is 0 Å². The number of nitrogens with one attached hydrogen (secondary N) is 2. The molecule has 1 aromatic heterocycles. The Morgan fingerprint density at radius 3 is 2.48 bits per heavy atom. The Morgan fingerprint density at radius 1 is 1.12 bits per heavy atom. The van der Waals surface area contributed by atoms with Crippen LogP contribution in [-0.4, -0.2) is 22.3 Å². The Balaban J connectivity index is 2.24. The summed E-state index contributed by atoms with van der Waals surface area (Å²) in [7, 11) is 0. The minimum atomic E-state index is -0.367. The van der Waals surface area contributed by atoms with Gasteiger partial charge in [0.2, 0.25) is 0 Å². The molecule has 5 nitrogen and oxygen atoms in total. The van der Waals surface area contributed by atoms with Gasteiger partial charge in [-0.1, -0.05) is 25.1 Å². The average molecular weight is 339 g/mol. The molecule has 2 rings (SSSR count). The van der Waals surface area contributed by atoms with Crippen molar-refractivity contribution in [2.24, 2.45) is 0 Å². The summed E-state index contributed by atoms with van der Waals surface area (Å²) in [5.74, 6) is -0.552. The first-order valence-corrected chi connectivity index (χ1v) is 8.39. The number of aryl methyl sites for hydroxylation is 2. The van der Waals surface area contributed by atoms with Crippen LogP contribution in [0.4, 0.5) is 5.69 Å².